The molecule has 1 fully saturated rings. The van der Waals surface area contributed by atoms with Gasteiger partial charge in [0.1, 0.15) is 12.1 Å². The van der Waals surface area contributed by atoms with E-state index in [0.717, 1.165) is 46.2 Å². The Bertz CT molecular complexity index is 1900. The summed E-state index contributed by atoms with van der Waals surface area (Å²) in [6.07, 6.45) is 3.96. The molecule has 0 aliphatic heterocycles. The predicted octanol–water partition coefficient (Wildman–Crippen LogP) is 3.28. The summed E-state index contributed by atoms with van der Waals surface area (Å²) in [7, 11) is 0. The lowest BCUT2D eigenvalue weighted by molar-refractivity contribution is -0.132. The number of carbonyl (C=O) groups is 3. The van der Waals surface area contributed by atoms with Crippen molar-refractivity contribution < 1.29 is 14.4 Å². The Morgan fingerprint density at radius 3 is 1.54 bits per heavy atom. The lowest BCUT2D eigenvalue weighted by atomic mass is 9.90. The smallest absolute Gasteiger partial charge is 0.243 e. The van der Waals surface area contributed by atoms with Crippen molar-refractivity contribution in [2.75, 3.05) is 6.54 Å². The van der Waals surface area contributed by atoms with Gasteiger partial charge in [-0.05, 0) is 78.3 Å². The quantitative estimate of drug-likeness (QED) is 0.0435. The van der Waals surface area contributed by atoms with Crippen LogP contribution in [0.3, 0.4) is 0 Å². The number of guanidine groups is 2. The van der Waals surface area contributed by atoms with E-state index in [9.17, 15) is 14.4 Å². The van der Waals surface area contributed by atoms with Crippen molar-refractivity contribution in [3.63, 3.8) is 0 Å². The third kappa shape index (κ3) is 12.7. The standard InChI is InChI=1S/C43H54N10O3/c44-36(26-28-13-17-32(18-14-28)30-8-3-1-4-9-30)39(54)52-37(12-7-25-49-42(45)46)40(55)53-38(41(56)50-34-21-23-35(24-22-34)51-43(47)48)27-29-15-19-33(20-16-29)31-10-5-2-6-11-31/h1-6,8-11,13-20,34-38H,7,12,21-27,44H2,(H,50,56)(H,52,54)(H,53,55)(H4,45,46,49)(H4,47,48,51)/t34-,35+,36-,37-,38-/m0/s1. The molecule has 0 saturated heterocycles. The summed E-state index contributed by atoms with van der Waals surface area (Å²) in [6.45, 7) is 0.313. The first-order valence-corrected chi connectivity index (χ1v) is 19.2. The molecule has 13 N–H and O–H groups in total. The molecule has 0 bridgehead atoms. The van der Waals surface area contributed by atoms with Crippen LogP contribution in [0.2, 0.25) is 0 Å². The second-order valence-electron chi connectivity index (χ2n) is 14.4. The molecule has 3 amide bonds. The van der Waals surface area contributed by atoms with Gasteiger partial charge in [-0.3, -0.25) is 25.2 Å². The molecule has 56 heavy (non-hydrogen) atoms. The van der Waals surface area contributed by atoms with Gasteiger partial charge in [0.25, 0.3) is 0 Å². The Hall–Kier alpha value is -6.21. The number of hydrogen-bond donors (Lipinski definition) is 10. The Labute approximate surface area is 328 Å². The van der Waals surface area contributed by atoms with Crippen molar-refractivity contribution in [3.8, 4) is 22.3 Å². The maximum Gasteiger partial charge on any atom is 0.243 e. The molecule has 13 nitrogen and oxygen atoms in total. The van der Waals surface area contributed by atoms with E-state index in [1.807, 2.05) is 109 Å². The van der Waals surface area contributed by atoms with E-state index < -0.39 is 29.9 Å². The topological polar surface area (TPSA) is 237 Å². The molecule has 4 aromatic rings. The van der Waals surface area contributed by atoms with Gasteiger partial charge in [-0.15, -0.1) is 0 Å². The van der Waals surface area contributed by atoms with Gasteiger partial charge in [0, 0.05) is 25.0 Å². The molecule has 0 aromatic heterocycles. The van der Waals surface area contributed by atoms with Gasteiger partial charge in [0.15, 0.2) is 11.9 Å². The van der Waals surface area contributed by atoms with Crippen LogP contribution in [0.5, 0.6) is 0 Å². The molecule has 4 aromatic carbocycles. The fourth-order valence-corrected chi connectivity index (χ4v) is 6.97. The fraction of sp³-hybridized carbons (Fsp3) is 0.326. The first-order chi connectivity index (χ1) is 27.0. The van der Waals surface area contributed by atoms with Crippen molar-refractivity contribution in [1.82, 2.24) is 26.6 Å². The van der Waals surface area contributed by atoms with Crippen LogP contribution in [-0.2, 0) is 27.2 Å². The minimum atomic E-state index is -1.01. The van der Waals surface area contributed by atoms with Crippen LogP contribution in [0, 0.1) is 10.8 Å². The number of rotatable bonds is 17. The number of nitrogens with two attached hydrogens (primary N) is 3. The zero-order valence-electron chi connectivity index (χ0n) is 31.6. The van der Waals surface area contributed by atoms with Crippen LogP contribution in [0.25, 0.3) is 22.3 Å². The second-order valence-corrected chi connectivity index (χ2v) is 14.4. The molecule has 0 radical (unpaired) electrons. The highest BCUT2D eigenvalue weighted by Crippen LogP contribution is 2.22. The zero-order chi connectivity index (χ0) is 39.9. The second kappa shape index (κ2) is 20.5. The Morgan fingerprint density at radius 2 is 1.04 bits per heavy atom. The maximum atomic E-state index is 14.1. The van der Waals surface area contributed by atoms with Crippen molar-refractivity contribution >= 4 is 29.6 Å². The zero-order valence-corrected chi connectivity index (χ0v) is 31.6. The molecule has 13 heteroatoms. The summed E-state index contributed by atoms with van der Waals surface area (Å²) < 4.78 is 0. The molecule has 3 atom stereocenters. The molecule has 5 rings (SSSR count). The van der Waals surface area contributed by atoms with Crippen LogP contribution < -0.4 is 43.8 Å². The van der Waals surface area contributed by atoms with Crippen molar-refractivity contribution in [3.05, 3.63) is 120 Å². The van der Waals surface area contributed by atoms with Gasteiger partial charge < -0.3 is 43.8 Å². The number of carbonyl (C=O) groups excluding carboxylic acids is 3. The lowest BCUT2D eigenvalue weighted by Gasteiger charge is -2.31. The van der Waals surface area contributed by atoms with Crippen LogP contribution in [-0.4, -0.2) is 66.4 Å². The average molecular weight is 759 g/mol. The van der Waals surface area contributed by atoms with Crippen molar-refractivity contribution in [2.45, 2.75) is 81.6 Å². The summed E-state index contributed by atoms with van der Waals surface area (Å²) in [5, 5.41) is 29.7. The SMILES string of the molecule is N=C(N)NCCC[C@H](NC(=O)[C@@H](N)Cc1ccc(-c2ccccc2)cc1)C(=O)N[C@@H](Cc1ccc(-c2ccccc2)cc1)C(=O)N[C@H]1CC[C@@H](NC(=N)N)CC1. The minimum absolute atomic E-state index is 0.0705. The van der Waals surface area contributed by atoms with Gasteiger partial charge in [0.05, 0.1) is 6.04 Å². The summed E-state index contributed by atoms with van der Waals surface area (Å²) >= 11 is 0. The van der Waals surface area contributed by atoms with Crippen LogP contribution in [0.15, 0.2) is 109 Å². The van der Waals surface area contributed by atoms with E-state index in [0.29, 0.717) is 25.8 Å². The monoisotopic (exact) mass is 758 g/mol. The number of hydrogen-bond acceptors (Lipinski definition) is 6. The van der Waals surface area contributed by atoms with Crippen molar-refractivity contribution in [1.29, 1.82) is 10.8 Å². The van der Waals surface area contributed by atoms with E-state index in [1.54, 1.807) is 0 Å². The van der Waals surface area contributed by atoms with E-state index in [1.165, 1.54) is 0 Å². The number of nitrogens with one attached hydrogen (secondary N) is 7. The summed E-state index contributed by atoms with van der Waals surface area (Å²) in [4.78, 5) is 41.5. The van der Waals surface area contributed by atoms with Gasteiger partial charge in [0.2, 0.25) is 17.7 Å². The van der Waals surface area contributed by atoms with Crippen LogP contribution in [0.4, 0.5) is 0 Å². The molecule has 1 aliphatic carbocycles. The van der Waals surface area contributed by atoms with E-state index in [-0.39, 0.29) is 49.2 Å². The van der Waals surface area contributed by atoms with Crippen LogP contribution in [0.1, 0.15) is 49.7 Å². The van der Waals surface area contributed by atoms with Crippen molar-refractivity contribution in [2.24, 2.45) is 17.2 Å². The van der Waals surface area contributed by atoms with Crippen LogP contribution >= 0.6 is 0 Å². The normalized spacial score (nSPS) is 16.7. The summed E-state index contributed by atoms with van der Waals surface area (Å²) in [5.41, 5.74) is 23.4. The Kier molecular flexibility index (Phi) is 15.0. The minimum Gasteiger partial charge on any atom is -0.370 e. The van der Waals surface area contributed by atoms with Gasteiger partial charge >= 0.3 is 0 Å². The highest BCUT2D eigenvalue weighted by Gasteiger charge is 2.30. The fourth-order valence-electron chi connectivity index (χ4n) is 6.97. The van der Waals surface area contributed by atoms with E-state index >= 15 is 0 Å². The lowest BCUT2D eigenvalue weighted by Crippen LogP contribution is -2.57. The summed E-state index contributed by atoms with van der Waals surface area (Å²) in [6, 6.07) is 32.8. The number of amides is 3. The number of benzene rings is 4. The molecule has 0 unspecified atom stereocenters. The summed E-state index contributed by atoms with van der Waals surface area (Å²) in [5.74, 6) is -1.61. The molecule has 0 spiro atoms. The largest absolute Gasteiger partial charge is 0.370 e. The third-order valence-corrected chi connectivity index (χ3v) is 10.0. The molecular formula is C43H54N10O3. The maximum absolute atomic E-state index is 14.1. The Morgan fingerprint density at radius 1 is 0.571 bits per heavy atom. The molecule has 294 valence electrons. The highest BCUT2D eigenvalue weighted by molar-refractivity contribution is 5.93. The highest BCUT2D eigenvalue weighted by atomic mass is 16.2. The predicted molar refractivity (Wildman–Crippen MR) is 221 cm³/mol. The molecule has 1 aliphatic rings. The van der Waals surface area contributed by atoms with E-state index in [4.69, 9.17) is 28.0 Å². The van der Waals surface area contributed by atoms with Gasteiger partial charge in [-0.2, -0.15) is 0 Å². The Balaban J connectivity index is 1.28. The molecular weight excluding hydrogens is 705 g/mol. The van der Waals surface area contributed by atoms with Gasteiger partial charge in [-0.25, -0.2) is 0 Å². The van der Waals surface area contributed by atoms with E-state index in [2.05, 4.69) is 26.6 Å². The molecule has 1 saturated carbocycles. The third-order valence-electron chi connectivity index (χ3n) is 10.0. The van der Waals surface area contributed by atoms with Gasteiger partial charge in [-0.1, -0.05) is 109 Å². The first kappa shape index (κ1) is 41.0. The first-order valence-electron chi connectivity index (χ1n) is 19.2. The molecule has 0 heterocycles. The average Bonchev–Trinajstić information content (AvgIpc) is 3.20.